The minimum Gasteiger partial charge on any atom is -0.463 e. The van der Waals surface area contributed by atoms with Crippen molar-refractivity contribution in [1.29, 1.82) is 0 Å². The fourth-order valence-electron chi connectivity index (χ4n) is 2.13. The molecule has 3 aromatic rings. The van der Waals surface area contributed by atoms with Crippen molar-refractivity contribution < 1.29 is 13.2 Å². The lowest BCUT2D eigenvalue weighted by Gasteiger charge is -2.07. The molecule has 0 fully saturated rings. The minimum atomic E-state index is -3.91. The van der Waals surface area contributed by atoms with Gasteiger partial charge in [0.25, 0.3) is 10.0 Å². The summed E-state index contributed by atoms with van der Waals surface area (Å²) in [5.41, 5.74) is 0.528. The maximum absolute atomic E-state index is 12.9. The third-order valence-electron chi connectivity index (χ3n) is 3.18. The van der Waals surface area contributed by atoms with E-state index in [1.807, 2.05) is 0 Å². The number of hydrogen-bond donors (Lipinski definition) is 0. The van der Waals surface area contributed by atoms with Crippen molar-refractivity contribution >= 4 is 21.6 Å². The molecule has 24 heavy (non-hydrogen) atoms. The normalized spacial score (nSPS) is 11.4. The van der Waals surface area contributed by atoms with E-state index in [2.05, 4.69) is 10.1 Å². The second-order valence-corrected chi connectivity index (χ2v) is 7.03. The second-order valence-electron chi connectivity index (χ2n) is 4.82. The highest BCUT2D eigenvalue weighted by molar-refractivity contribution is 7.90. The second kappa shape index (κ2) is 6.62. The van der Waals surface area contributed by atoms with Crippen LogP contribution in [0.4, 0.5) is 0 Å². The van der Waals surface area contributed by atoms with E-state index >= 15 is 0 Å². The average Bonchev–Trinajstić information content (AvgIpc) is 3.01. The molecule has 0 radical (unpaired) electrons. The minimum absolute atomic E-state index is 0.00742. The molecule has 0 atom stereocenters. The van der Waals surface area contributed by atoms with Crippen LogP contribution in [0.3, 0.4) is 0 Å². The molecule has 8 heteroatoms. The summed E-state index contributed by atoms with van der Waals surface area (Å²) >= 11 is 6.01. The Labute approximate surface area is 144 Å². The van der Waals surface area contributed by atoms with Crippen LogP contribution >= 0.6 is 11.6 Å². The molecule has 0 unspecified atom stereocenters. The Kier molecular flexibility index (Phi) is 4.55. The van der Waals surface area contributed by atoms with Crippen LogP contribution in [0.5, 0.6) is 6.01 Å². The fraction of sp³-hybridized carbons (Fsp3) is 0.125. The zero-order valence-corrected chi connectivity index (χ0v) is 14.3. The average molecular weight is 364 g/mol. The molecule has 0 aliphatic rings. The summed E-state index contributed by atoms with van der Waals surface area (Å²) < 4.78 is 31.9. The van der Waals surface area contributed by atoms with Crippen molar-refractivity contribution in [3.8, 4) is 17.4 Å². The highest BCUT2D eigenvalue weighted by atomic mass is 35.5. The molecule has 6 nitrogen and oxygen atoms in total. The van der Waals surface area contributed by atoms with Crippen LogP contribution in [0.1, 0.15) is 6.92 Å². The first-order chi connectivity index (χ1) is 11.5. The van der Waals surface area contributed by atoms with Gasteiger partial charge in [-0.2, -0.15) is 13.4 Å². The Balaban J connectivity index is 2.20. The van der Waals surface area contributed by atoms with Gasteiger partial charge < -0.3 is 4.74 Å². The Morgan fingerprint density at radius 2 is 1.88 bits per heavy atom. The van der Waals surface area contributed by atoms with Crippen molar-refractivity contribution in [2.24, 2.45) is 0 Å². The van der Waals surface area contributed by atoms with Crippen molar-refractivity contribution in [3.05, 3.63) is 59.6 Å². The van der Waals surface area contributed by atoms with Crippen LogP contribution in [-0.2, 0) is 10.0 Å². The summed E-state index contributed by atoms with van der Waals surface area (Å²) in [5, 5.41) is 4.48. The third-order valence-corrected chi connectivity index (χ3v) is 5.00. The number of ether oxygens (including phenoxy) is 1. The Hall–Kier alpha value is -2.38. The van der Waals surface area contributed by atoms with E-state index in [1.165, 1.54) is 12.1 Å². The van der Waals surface area contributed by atoms with E-state index in [4.69, 9.17) is 16.3 Å². The first kappa shape index (κ1) is 16.5. The van der Waals surface area contributed by atoms with Crippen molar-refractivity contribution in [2.75, 3.05) is 6.61 Å². The van der Waals surface area contributed by atoms with Gasteiger partial charge in [-0.25, -0.2) is 0 Å². The third kappa shape index (κ3) is 3.13. The SMILES string of the molecule is CCOc1nc(-c2cccc(Cl)c2)n(S(=O)(=O)c2ccccc2)n1. The van der Waals surface area contributed by atoms with E-state index in [-0.39, 0.29) is 16.7 Å². The molecule has 1 heterocycles. The van der Waals surface area contributed by atoms with Crippen LogP contribution in [0.2, 0.25) is 5.02 Å². The van der Waals surface area contributed by atoms with Gasteiger partial charge in [0.2, 0.25) is 0 Å². The molecule has 2 aromatic carbocycles. The molecule has 0 N–H and O–H groups in total. The number of hydrogen-bond acceptors (Lipinski definition) is 5. The van der Waals surface area contributed by atoms with Crippen LogP contribution in [0, 0.1) is 0 Å². The van der Waals surface area contributed by atoms with Gasteiger partial charge in [-0.05, 0) is 31.2 Å². The molecule has 1 aromatic heterocycles. The van der Waals surface area contributed by atoms with Gasteiger partial charge in [-0.3, -0.25) is 0 Å². The number of benzene rings is 2. The topological polar surface area (TPSA) is 74.1 Å². The maximum Gasteiger partial charge on any atom is 0.337 e. The smallest absolute Gasteiger partial charge is 0.337 e. The van der Waals surface area contributed by atoms with Crippen LogP contribution < -0.4 is 4.74 Å². The molecule has 0 spiro atoms. The van der Waals surface area contributed by atoms with Gasteiger partial charge >= 0.3 is 6.01 Å². The molecule has 0 aliphatic heterocycles. The van der Waals surface area contributed by atoms with E-state index in [1.54, 1.807) is 49.4 Å². The van der Waals surface area contributed by atoms with Crippen LogP contribution in [0.25, 0.3) is 11.4 Å². The molecule has 0 saturated heterocycles. The Bertz CT molecular complexity index is 956. The molecule has 0 aliphatic carbocycles. The summed E-state index contributed by atoms with van der Waals surface area (Å²) in [4.78, 5) is 4.31. The first-order valence-electron chi connectivity index (χ1n) is 7.19. The van der Waals surface area contributed by atoms with Gasteiger partial charge in [-0.15, -0.1) is 4.09 Å². The van der Waals surface area contributed by atoms with E-state index in [0.29, 0.717) is 17.2 Å². The predicted octanol–water partition coefficient (Wildman–Crippen LogP) is 3.23. The summed E-state index contributed by atoms with van der Waals surface area (Å²) in [6, 6.07) is 14.8. The van der Waals surface area contributed by atoms with Crippen molar-refractivity contribution in [2.45, 2.75) is 11.8 Å². The Morgan fingerprint density at radius 3 is 2.54 bits per heavy atom. The highest BCUT2D eigenvalue weighted by Gasteiger charge is 2.25. The zero-order chi connectivity index (χ0) is 17.2. The van der Waals surface area contributed by atoms with Gasteiger partial charge in [0.05, 0.1) is 11.5 Å². The van der Waals surface area contributed by atoms with Crippen LogP contribution in [0.15, 0.2) is 59.5 Å². The summed E-state index contributed by atoms with van der Waals surface area (Å²) in [5.74, 6) is 0.143. The Morgan fingerprint density at radius 1 is 1.12 bits per heavy atom. The lowest BCUT2D eigenvalue weighted by molar-refractivity contribution is 0.313. The van der Waals surface area contributed by atoms with Gasteiger partial charge in [0.15, 0.2) is 5.82 Å². The zero-order valence-electron chi connectivity index (χ0n) is 12.8. The van der Waals surface area contributed by atoms with Crippen molar-refractivity contribution in [1.82, 2.24) is 14.2 Å². The molecular formula is C16H14ClN3O3S. The molecule has 124 valence electrons. The van der Waals surface area contributed by atoms with E-state index in [9.17, 15) is 8.42 Å². The largest absolute Gasteiger partial charge is 0.463 e. The predicted molar refractivity (Wildman–Crippen MR) is 90.7 cm³/mol. The summed E-state index contributed by atoms with van der Waals surface area (Å²) in [6.07, 6.45) is 0. The van der Waals surface area contributed by atoms with Gasteiger partial charge in [-0.1, -0.05) is 47.0 Å². The standard InChI is InChI=1S/C16H14ClN3O3S/c1-2-23-16-18-15(12-7-6-8-13(17)11-12)20(19-16)24(21,22)14-9-4-3-5-10-14/h3-11H,2H2,1H3. The molecule has 0 amide bonds. The fourth-order valence-corrected chi connectivity index (χ4v) is 3.58. The molecule has 0 saturated carbocycles. The number of rotatable bonds is 5. The monoisotopic (exact) mass is 363 g/mol. The summed E-state index contributed by atoms with van der Waals surface area (Å²) in [6.45, 7) is 2.09. The van der Waals surface area contributed by atoms with Gasteiger partial charge in [0, 0.05) is 10.6 Å². The molecule has 0 bridgehead atoms. The van der Waals surface area contributed by atoms with Gasteiger partial charge in [0.1, 0.15) is 0 Å². The number of aromatic nitrogens is 3. The number of halogens is 1. The van der Waals surface area contributed by atoms with E-state index < -0.39 is 10.0 Å². The summed E-state index contributed by atoms with van der Waals surface area (Å²) in [7, 11) is -3.91. The lowest BCUT2D eigenvalue weighted by Crippen LogP contribution is -2.16. The van der Waals surface area contributed by atoms with Crippen LogP contribution in [-0.4, -0.2) is 29.2 Å². The van der Waals surface area contributed by atoms with Crippen molar-refractivity contribution in [3.63, 3.8) is 0 Å². The highest BCUT2D eigenvalue weighted by Crippen LogP contribution is 2.26. The molecular weight excluding hydrogens is 350 g/mol. The maximum atomic E-state index is 12.9. The quantitative estimate of drug-likeness (QED) is 0.695. The van der Waals surface area contributed by atoms with E-state index in [0.717, 1.165) is 4.09 Å². The lowest BCUT2D eigenvalue weighted by atomic mass is 10.2. The number of nitrogens with zero attached hydrogens (tertiary/aromatic N) is 3. The first-order valence-corrected chi connectivity index (χ1v) is 9.00. The molecule has 3 rings (SSSR count).